The van der Waals surface area contributed by atoms with E-state index in [-0.39, 0.29) is 11.4 Å². The number of hydrogen-bond donors (Lipinski definition) is 1. The number of aryl methyl sites for hydroxylation is 1. The number of anilines is 1. The lowest BCUT2D eigenvalue weighted by atomic mass is 10.1. The molecule has 1 aromatic heterocycles. The van der Waals surface area contributed by atoms with E-state index in [9.17, 15) is 8.42 Å². The van der Waals surface area contributed by atoms with Crippen molar-refractivity contribution in [1.82, 2.24) is 14.3 Å². The molecular formula is C15H18N4O3S. The summed E-state index contributed by atoms with van der Waals surface area (Å²) in [6.07, 6.45) is 1.85. The van der Waals surface area contributed by atoms with Crippen LogP contribution in [0.4, 0.5) is 5.82 Å². The molecule has 23 heavy (non-hydrogen) atoms. The third kappa shape index (κ3) is 2.75. The first kappa shape index (κ1) is 15.7. The number of benzene rings is 1. The van der Waals surface area contributed by atoms with Gasteiger partial charge in [-0.1, -0.05) is 6.07 Å². The molecule has 0 saturated heterocycles. The molecule has 2 N–H and O–H groups in total. The Morgan fingerprint density at radius 1 is 1.30 bits per heavy atom. The second-order valence-electron chi connectivity index (χ2n) is 5.43. The van der Waals surface area contributed by atoms with Crippen molar-refractivity contribution in [2.75, 3.05) is 19.4 Å². The fraction of sp³-hybridized carbons (Fsp3) is 0.333. The number of ether oxygens (including phenoxy) is 1. The average Bonchev–Trinajstić information content (AvgIpc) is 2.54. The summed E-state index contributed by atoms with van der Waals surface area (Å²) in [5.41, 5.74) is 8.17. The van der Waals surface area contributed by atoms with Crippen molar-refractivity contribution < 1.29 is 13.2 Å². The van der Waals surface area contributed by atoms with E-state index < -0.39 is 10.0 Å². The Balaban J connectivity index is 2.00. The van der Waals surface area contributed by atoms with Gasteiger partial charge in [0.15, 0.2) is 0 Å². The van der Waals surface area contributed by atoms with Crippen LogP contribution in [0.1, 0.15) is 16.8 Å². The fourth-order valence-electron chi connectivity index (χ4n) is 2.69. The number of nitrogen functional groups attached to an aromatic ring is 1. The summed E-state index contributed by atoms with van der Waals surface area (Å²) in [7, 11) is -2.21. The first-order chi connectivity index (χ1) is 10.9. The van der Waals surface area contributed by atoms with Crippen LogP contribution in [0.3, 0.4) is 0 Å². The first-order valence-electron chi connectivity index (χ1n) is 7.16. The van der Waals surface area contributed by atoms with Crippen LogP contribution >= 0.6 is 0 Å². The summed E-state index contributed by atoms with van der Waals surface area (Å²) in [6.45, 7) is 2.36. The number of rotatable bonds is 3. The number of aromatic nitrogens is 2. The predicted molar refractivity (Wildman–Crippen MR) is 85.5 cm³/mol. The molecule has 7 nitrogen and oxygen atoms in total. The third-order valence-electron chi connectivity index (χ3n) is 3.94. The lowest BCUT2D eigenvalue weighted by Gasteiger charge is -2.28. The average molecular weight is 334 g/mol. The number of sulfonamides is 1. The molecule has 0 saturated carbocycles. The summed E-state index contributed by atoms with van der Waals surface area (Å²) >= 11 is 0. The maximum Gasteiger partial charge on any atom is 0.247 e. The first-order valence-corrected chi connectivity index (χ1v) is 8.60. The van der Waals surface area contributed by atoms with Crippen molar-refractivity contribution in [2.24, 2.45) is 0 Å². The molecule has 1 aromatic carbocycles. The highest BCUT2D eigenvalue weighted by atomic mass is 32.2. The van der Waals surface area contributed by atoms with Gasteiger partial charge in [-0.15, -0.1) is 0 Å². The van der Waals surface area contributed by atoms with Crippen LogP contribution in [0.15, 0.2) is 29.4 Å². The van der Waals surface area contributed by atoms with Gasteiger partial charge in [-0.25, -0.2) is 18.4 Å². The van der Waals surface area contributed by atoms with Crippen molar-refractivity contribution in [1.29, 1.82) is 0 Å². The van der Waals surface area contributed by atoms with Gasteiger partial charge in [-0.05, 0) is 31.0 Å². The second kappa shape index (κ2) is 5.78. The van der Waals surface area contributed by atoms with Gasteiger partial charge in [-0.3, -0.25) is 0 Å². The van der Waals surface area contributed by atoms with E-state index in [2.05, 4.69) is 9.97 Å². The molecule has 0 atom stereocenters. The molecule has 0 spiro atoms. The molecule has 0 amide bonds. The van der Waals surface area contributed by atoms with Crippen LogP contribution < -0.4 is 10.5 Å². The molecule has 122 valence electrons. The quantitative estimate of drug-likeness (QED) is 0.903. The zero-order chi connectivity index (χ0) is 16.6. The van der Waals surface area contributed by atoms with E-state index in [1.54, 1.807) is 12.1 Å². The van der Waals surface area contributed by atoms with E-state index in [0.29, 0.717) is 30.2 Å². The van der Waals surface area contributed by atoms with E-state index in [4.69, 9.17) is 10.5 Å². The summed E-state index contributed by atoms with van der Waals surface area (Å²) in [4.78, 5) is 8.30. The largest absolute Gasteiger partial charge is 0.495 e. The highest BCUT2D eigenvalue weighted by Crippen LogP contribution is 2.31. The normalized spacial score (nSPS) is 15.2. The lowest BCUT2D eigenvalue weighted by Crippen LogP contribution is -2.37. The SMILES string of the molecule is COc1ccc(C)cc1S(=O)(=O)N1CCc2c(N)ncnc2C1. The molecule has 0 aliphatic carbocycles. The van der Waals surface area contributed by atoms with Crippen LogP contribution in [-0.4, -0.2) is 36.3 Å². The Morgan fingerprint density at radius 3 is 2.83 bits per heavy atom. The smallest absolute Gasteiger partial charge is 0.247 e. The summed E-state index contributed by atoms with van der Waals surface area (Å²) < 4.78 is 32.6. The Hall–Kier alpha value is -2.19. The Morgan fingerprint density at radius 2 is 2.09 bits per heavy atom. The van der Waals surface area contributed by atoms with E-state index in [0.717, 1.165) is 11.1 Å². The van der Waals surface area contributed by atoms with Crippen molar-refractivity contribution in [3.05, 3.63) is 41.3 Å². The van der Waals surface area contributed by atoms with Gasteiger partial charge in [0.05, 0.1) is 19.3 Å². The number of nitrogens with two attached hydrogens (primary N) is 1. The highest BCUT2D eigenvalue weighted by Gasteiger charge is 2.32. The third-order valence-corrected chi connectivity index (χ3v) is 5.81. The van der Waals surface area contributed by atoms with Crippen molar-refractivity contribution in [3.8, 4) is 5.75 Å². The van der Waals surface area contributed by atoms with Gasteiger partial charge in [0.2, 0.25) is 10.0 Å². The van der Waals surface area contributed by atoms with Crippen molar-refractivity contribution in [3.63, 3.8) is 0 Å². The van der Waals surface area contributed by atoms with E-state index >= 15 is 0 Å². The zero-order valence-electron chi connectivity index (χ0n) is 13.0. The Labute approximate surface area is 135 Å². The minimum Gasteiger partial charge on any atom is -0.495 e. The number of methoxy groups -OCH3 is 1. The fourth-order valence-corrected chi connectivity index (χ4v) is 4.33. The molecule has 1 aliphatic heterocycles. The molecule has 8 heteroatoms. The van der Waals surface area contributed by atoms with E-state index in [1.165, 1.54) is 17.7 Å². The van der Waals surface area contributed by atoms with Gasteiger partial charge in [0, 0.05) is 12.1 Å². The predicted octanol–water partition coefficient (Wildman–Crippen LogP) is 1.12. The molecule has 0 bridgehead atoms. The summed E-state index contributed by atoms with van der Waals surface area (Å²) in [5, 5.41) is 0. The van der Waals surface area contributed by atoms with Gasteiger partial charge in [0.25, 0.3) is 0 Å². The number of fused-ring (bicyclic) bond motifs is 1. The van der Waals surface area contributed by atoms with Crippen molar-refractivity contribution in [2.45, 2.75) is 24.8 Å². The summed E-state index contributed by atoms with van der Waals surface area (Å²) in [6, 6.07) is 5.11. The second-order valence-corrected chi connectivity index (χ2v) is 7.33. The van der Waals surface area contributed by atoms with E-state index in [1.807, 2.05) is 13.0 Å². The maximum atomic E-state index is 13.0. The molecule has 0 fully saturated rings. The van der Waals surface area contributed by atoms with Crippen LogP contribution in [0.25, 0.3) is 0 Å². The minimum atomic E-state index is -3.68. The van der Waals surface area contributed by atoms with Gasteiger partial charge < -0.3 is 10.5 Å². The molecule has 3 rings (SSSR count). The van der Waals surface area contributed by atoms with Crippen LogP contribution in [0.2, 0.25) is 0 Å². The number of nitrogens with zero attached hydrogens (tertiary/aromatic N) is 3. The molecular weight excluding hydrogens is 316 g/mol. The molecule has 1 aliphatic rings. The maximum absolute atomic E-state index is 13.0. The standard InChI is InChI=1S/C15H18N4O3S/c1-10-3-4-13(22-2)14(7-10)23(20,21)19-6-5-11-12(8-19)17-9-18-15(11)16/h3-4,7,9H,5-6,8H2,1-2H3,(H2,16,17,18). The molecule has 2 heterocycles. The molecule has 2 aromatic rings. The van der Waals surface area contributed by atoms with Crippen LogP contribution in [-0.2, 0) is 23.0 Å². The zero-order valence-corrected chi connectivity index (χ0v) is 13.8. The highest BCUT2D eigenvalue weighted by molar-refractivity contribution is 7.89. The molecule has 0 unspecified atom stereocenters. The summed E-state index contributed by atoms with van der Waals surface area (Å²) in [5.74, 6) is 0.754. The van der Waals surface area contributed by atoms with Gasteiger partial charge >= 0.3 is 0 Å². The molecule has 0 radical (unpaired) electrons. The van der Waals surface area contributed by atoms with Crippen LogP contribution in [0.5, 0.6) is 5.75 Å². The lowest BCUT2D eigenvalue weighted by molar-refractivity contribution is 0.374. The Kier molecular flexibility index (Phi) is 3.95. The topological polar surface area (TPSA) is 98.4 Å². The Bertz CT molecular complexity index is 852. The van der Waals surface area contributed by atoms with Crippen LogP contribution in [0, 0.1) is 6.92 Å². The number of hydrogen-bond acceptors (Lipinski definition) is 6. The van der Waals surface area contributed by atoms with Crippen molar-refractivity contribution >= 4 is 15.8 Å². The van der Waals surface area contributed by atoms with Gasteiger partial charge in [0.1, 0.15) is 22.8 Å². The minimum absolute atomic E-state index is 0.172. The monoisotopic (exact) mass is 334 g/mol. The van der Waals surface area contributed by atoms with Gasteiger partial charge in [-0.2, -0.15) is 4.31 Å².